The van der Waals surface area contributed by atoms with Crippen LogP contribution in [0.2, 0.25) is 0 Å². The number of hydrogen-bond donors (Lipinski definition) is 2. The molecule has 2 rings (SSSR count). The Morgan fingerprint density at radius 1 is 1.45 bits per heavy atom. The molecule has 1 aliphatic rings. The Bertz CT molecular complexity index is 552. The molecule has 0 radical (unpaired) electrons. The quantitative estimate of drug-likeness (QED) is 0.465. The van der Waals surface area contributed by atoms with Crippen molar-refractivity contribution in [3.05, 3.63) is 42.0 Å². The van der Waals surface area contributed by atoms with E-state index in [1.165, 1.54) is 6.21 Å². The normalized spacial score (nSPS) is 15.8. The fourth-order valence-electron chi connectivity index (χ4n) is 2.21. The molecule has 118 valence electrons. The molecule has 1 amide bonds. The predicted molar refractivity (Wildman–Crippen MR) is 85.0 cm³/mol. The Labute approximate surface area is 130 Å². The molecule has 22 heavy (non-hydrogen) atoms. The van der Waals surface area contributed by atoms with Gasteiger partial charge >= 0.3 is 0 Å². The predicted octanol–water partition coefficient (Wildman–Crippen LogP) is 0.903. The van der Waals surface area contributed by atoms with Crippen LogP contribution in [0.1, 0.15) is 11.1 Å². The summed E-state index contributed by atoms with van der Waals surface area (Å²) in [6.45, 7) is 6.76. The van der Waals surface area contributed by atoms with Crippen LogP contribution in [0.25, 0.3) is 0 Å². The van der Waals surface area contributed by atoms with Crippen molar-refractivity contribution in [3.8, 4) is 5.75 Å². The first-order chi connectivity index (χ1) is 10.7. The van der Waals surface area contributed by atoms with Gasteiger partial charge in [0, 0.05) is 18.7 Å². The van der Waals surface area contributed by atoms with Crippen LogP contribution in [-0.4, -0.2) is 55.0 Å². The van der Waals surface area contributed by atoms with Crippen LogP contribution in [0.4, 0.5) is 0 Å². The van der Waals surface area contributed by atoms with Crippen LogP contribution >= 0.6 is 0 Å². The number of benzene rings is 1. The molecule has 1 aromatic rings. The van der Waals surface area contributed by atoms with E-state index < -0.39 is 0 Å². The Morgan fingerprint density at radius 2 is 2.23 bits per heavy atom. The molecule has 2 N–H and O–H groups in total. The van der Waals surface area contributed by atoms with E-state index in [1.807, 2.05) is 17.0 Å². The third-order valence-electron chi connectivity index (χ3n) is 3.38. The maximum atomic E-state index is 11.8. The molecule has 1 aliphatic heterocycles. The number of morpholine rings is 1. The minimum Gasteiger partial charge on any atom is -0.507 e. The lowest BCUT2D eigenvalue weighted by Gasteiger charge is -2.25. The highest BCUT2D eigenvalue weighted by atomic mass is 16.5. The van der Waals surface area contributed by atoms with Gasteiger partial charge in [0.1, 0.15) is 5.75 Å². The SMILES string of the molecule is C=CCc1cccc(/C=N\NC(=O)CN2CCOCC2)c1O. The molecule has 6 nitrogen and oxygen atoms in total. The summed E-state index contributed by atoms with van der Waals surface area (Å²) >= 11 is 0. The lowest BCUT2D eigenvalue weighted by Crippen LogP contribution is -2.42. The highest BCUT2D eigenvalue weighted by Gasteiger charge is 2.13. The third kappa shape index (κ3) is 4.68. The summed E-state index contributed by atoms with van der Waals surface area (Å²) in [6.07, 6.45) is 3.75. The van der Waals surface area contributed by atoms with Gasteiger partial charge in [-0.05, 0) is 18.1 Å². The molecule has 0 atom stereocenters. The number of hydrogen-bond acceptors (Lipinski definition) is 5. The van der Waals surface area contributed by atoms with Gasteiger partial charge in [0.05, 0.1) is 26.0 Å². The van der Waals surface area contributed by atoms with E-state index in [9.17, 15) is 9.90 Å². The zero-order valence-corrected chi connectivity index (χ0v) is 12.5. The lowest BCUT2D eigenvalue weighted by atomic mass is 10.1. The van der Waals surface area contributed by atoms with Gasteiger partial charge in [-0.25, -0.2) is 5.43 Å². The van der Waals surface area contributed by atoms with Crippen LogP contribution in [-0.2, 0) is 16.0 Å². The highest BCUT2D eigenvalue weighted by molar-refractivity contribution is 5.86. The fraction of sp³-hybridized carbons (Fsp3) is 0.375. The summed E-state index contributed by atoms with van der Waals surface area (Å²) in [5.41, 5.74) is 3.81. The van der Waals surface area contributed by atoms with E-state index >= 15 is 0 Å². The molecule has 1 saturated heterocycles. The molecule has 1 heterocycles. The molecule has 1 aromatic carbocycles. The number of amides is 1. The average Bonchev–Trinajstić information content (AvgIpc) is 2.52. The van der Waals surface area contributed by atoms with Gasteiger partial charge < -0.3 is 9.84 Å². The van der Waals surface area contributed by atoms with Crippen molar-refractivity contribution in [2.45, 2.75) is 6.42 Å². The minimum atomic E-state index is -0.181. The number of para-hydroxylation sites is 1. The first kappa shape index (κ1) is 16.2. The number of phenols is 1. The van der Waals surface area contributed by atoms with Crippen LogP contribution in [0.5, 0.6) is 5.75 Å². The zero-order chi connectivity index (χ0) is 15.8. The van der Waals surface area contributed by atoms with Crippen molar-refractivity contribution in [1.82, 2.24) is 10.3 Å². The number of nitrogens with zero attached hydrogens (tertiary/aromatic N) is 2. The third-order valence-corrected chi connectivity index (χ3v) is 3.38. The molecular weight excluding hydrogens is 282 g/mol. The lowest BCUT2D eigenvalue weighted by molar-refractivity contribution is -0.123. The van der Waals surface area contributed by atoms with Crippen LogP contribution in [0.3, 0.4) is 0 Å². The number of aromatic hydroxyl groups is 1. The molecule has 0 aliphatic carbocycles. The van der Waals surface area contributed by atoms with Crippen molar-refractivity contribution >= 4 is 12.1 Å². The van der Waals surface area contributed by atoms with Crippen LogP contribution in [0.15, 0.2) is 36.0 Å². The Balaban J connectivity index is 1.87. The maximum Gasteiger partial charge on any atom is 0.254 e. The highest BCUT2D eigenvalue weighted by Crippen LogP contribution is 2.21. The fourth-order valence-corrected chi connectivity index (χ4v) is 2.21. The first-order valence-electron chi connectivity index (χ1n) is 7.24. The van der Waals surface area contributed by atoms with E-state index in [0.717, 1.165) is 18.7 Å². The largest absolute Gasteiger partial charge is 0.507 e. The second-order valence-electron chi connectivity index (χ2n) is 5.03. The van der Waals surface area contributed by atoms with Gasteiger partial charge in [-0.1, -0.05) is 18.2 Å². The second kappa shape index (κ2) is 8.31. The van der Waals surface area contributed by atoms with Crippen molar-refractivity contribution in [2.24, 2.45) is 5.10 Å². The summed E-state index contributed by atoms with van der Waals surface area (Å²) < 4.78 is 5.23. The second-order valence-corrected chi connectivity index (χ2v) is 5.03. The maximum absolute atomic E-state index is 11.8. The number of ether oxygens (including phenoxy) is 1. The standard InChI is InChI=1S/C16H21N3O3/c1-2-4-13-5-3-6-14(16(13)21)11-17-18-15(20)12-19-7-9-22-10-8-19/h2-3,5-6,11,21H,1,4,7-10,12H2,(H,18,20)/b17-11-. The molecule has 0 bridgehead atoms. The van der Waals surface area contributed by atoms with Gasteiger partial charge in [-0.15, -0.1) is 6.58 Å². The Morgan fingerprint density at radius 3 is 2.95 bits per heavy atom. The van der Waals surface area contributed by atoms with E-state index in [2.05, 4.69) is 17.1 Å². The number of carbonyl (C=O) groups excluding carboxylic acids is 1. The van der Waals surface area contributed by atoms with E-state index in [4.69, 9.17) is 4.74 Å². The number of rotatable bonds is 6. The molecule has 0 unspecified atom stereocenters. The minimum absolute atomic E-state index is 0.161. The van der Waals surface area contributed by atoms with Crippen molar-refractivity contribution in [1.29, 1.82) is 0 Å². The number of phenolic OH excluding ortho intramolecular Hbond substituents is 1. The molecule has 0 saturated carbocycles. The summed E-state index contributed by atoms with van der Waals surface area (Å²) in [5, 5.41) is 14.0. The van der Waals surface area contributed by atoms with Gasteiger partial charge in [0.25, 0.3) is 5.91 Å². The van der Waals surface area contributed by atoms with Gasteiger partial charge in [0.15, 0.2) is 0 Å². The summed E-state index contributed by atoms with van der Waals surface area (Å²) in [7, 11) is 0. The van der Waals surface area contributed by atoms with E-state index in [1.54, 1.807) is 12.1 Å². The Kier molecular flexibility index (Phi) is 6.12. The smallest absolute Gasteiger partial charge is 0.254 e. The van der Waals surface area contributed by atoms with Crippen LogP contribution < -0.4 is 5.43 Å². The number of nitrogens with one attached hydrogen (secondary N) is 1. The van der Waals surface area contributed by atoms with Gasteiger partial charge in [-0.2, -0.15) is 5.10 Å². The van der Waals surface area contributed by atoms with Gasteiger partial charge in [0.2, 0.25) is 0 Å². The van der Waals surface area contributed by atoms with E-state index in [-0.39, 0.29) is 11.7 Å². The molecule has 1 fully saturated rings. The number of allylic oxidation sites excluding steroid dienone is 1. The molecule has 6 heteroatoms. The van der Waals surface area contributed by atoms with E-state index in [0.29, 0.717) is 31.7 Å². The van der Waals surface area contributed by atoms with Crippen molar-refractivity contribution < 1.29 is 14.6 Å². The average molecular weight is 303 g/mol. The number of carbonyl (C=O) groups is 1. The monoisotopic (exact) mass is 303 g/mol. The van der Waals surface area contributed by atoms with Crippen LogP contribution in [0, 0.1) is 0 Å². The number of hydrazone groups is 1. The Hall–Kier alpha value is -2.18. The van der Waals surface area contributed by atoms with Crippen molar-refractivity contribution in [3.63, 3.8) is 0 Å². The van der Waals surface area contributed by atoms with Gasteiger partial charge in [-0.3, -0.25) is 9.69 Å². The summed E-state index contributed by atoms with van der Waals surface area (Å²) in [5.74, 6) is -0.0199. The first-order valence-corrected chi connectivity index (χ1v) is 7.24. The summed E-state index contributed by atoms with van der Waals surface area (Å²) in [4.78, 5) is 13.8. The van der Waals surface area contributed by atoms with Crippen molar-refractivity contribution in [2.75, 3.05) is 32.8 Å². The zero-order valence-electron chi connectivity index (χ0n) is 12.5. The molecule has 0 spiro atoms. The molecule has 0 aromatic heterocycles. The topological polar surface area (TPSA) is 74.2 Å². The molecular formula is C16H21N3O3. The summed E-state index contributed by atoms with van der Waals surface area (Å²) in [6, 6.07) is 5.39.